The number of ketones is 1. The van der Waals surface area contributed by atoms with Crippen molar-refractivity contribution in [2.75, 3.05) is 6.61 Å². The third-order valence-corrected chi connectivity index (χ3v) is 1.58. The van der Waals surface area contributed by atoms with Gasteiger partial charge < -0.3 is 9.47 Å². The van der Waals surface area contributed by atoms with Crippen LogP contribution in [-0.4, -0.2) is 24.3 Å². The molecular formula is C9H14O3. The van der Waals surface area contributed by atoms with E-state index < -0.39 is 5.79 Å². The molecule has 0 aliphatic carbocycles. The Morgan fingerprint density at radius 1 is 1.58 bits per heavy atom. The average molecular weight is 170 g/mol. The second-order valence-corrected chi connectivity index (χ2v) is 3.34. The highest BCUT2D eigenvalue weighted by Crippen LogP contribution is 2.22. The number of carbonyl (C=O) groups is 1. The van der Waals surface area contributed by atoms with Gasteiger partial charge >= 0.3 is 0 Å². The second kappa shape index (κ2) is 3.37. The molecule has 0 aromatic heterocycles. The maximum atomic E-state index is 10.6. The van der Waals surface area contributed by atoms with Crippen LogP contribution in [0.25, 0.3) is 0 Å². The van der Waals surface area contributed by atoms with Crippen molar-refractivity contribution in [3.63, 3.8) is 0 Å². The molecule has 1 aliphatic rings. The van der Waals surface area contributed by atoms with E-state index in [1.807, 2.05) is 13.8 Å². The molecule has 68 valence electrons. The maximum Gasteiger partial charge on any atom is 0.163 e. The van der Waals surface area contributed by atoms with Gasteiger partial charge in [0, 0.05) is 0 Å². The fraction of sp³-hybridized carbons (Fsp3) is 0.667. The van der Waals surface area contributed by atoms with Gasteiger partial charge in [0.1, 0.15) is 6.10 Å². The normalized spacial score (nSPS) is 28.1. The zero-order valence-electron chi connectivity index (χ0n) is 7.66. The molecule has 0 aromatic rings. The van der Waals surface area contributed by atoms with Crippen LogP contribution in [0.2, 0.25) is 0 Å². The van der Waals surface area contributed by atoms with Gasteiger partial charge in [0.05, 0.1) is 6.61 Å². The molecule has 0 aromatic carbocycles. The van der Waals surface area contributed by atoms with Gasteiger partial charge in [-0.2, -0.15) is 0 Å². The smallest absolute Gasteiger partial charge is 0.163 e. The Morgan fingerprint density at radius 2 is 2.25 bits per heavy atom. The largest absolute Gasteiger partial charge is 0.347 e. The summed E-state index contributed by atoms with van der Waals surface area (Å²) in [5.74, 6) is -0.477. The Bertz CT molecular complexity index is 206. The van der Waals surface area contributed by atoms with Crippen molar-refractivity contribution in [1.82, 2.24) is 0 Å². The zero-order valence-corrected chi connectivity index (χ0v) is 7.66. The zero-order chi connectivity index (χ0) is 9.19. The number of hydrogen-bond donors (Lipinski definition) is 0. The minimum Gasteiger partial charge on any atom is -0.347 e. The summed E-state index contributed by atoms with van der Waals surface area (Å²) in [6, 6.07) is 0. The first-order chi connectivity index (χ1) is 5.49. The Hall–Kier alpha value is -0.670. The predicted molar refractivity (Wildman–Crippen MR) is 44.7 cm³/mol. The number of carbonyl (C=O) groups excluding carboxylic acids is 1. The first-order valence-electron chi connectivity index (χ1n) is 4.00. The molecule has 12 heavy (non-hydrogen) atoms. The molecule has 0 N–H and O–H groups in total. The van der Waals surface area contributed by atoms with E-state index in [4.69, 9.17) is 9.47 Å². The van der Waals surface area contributed by atoms with E-state index in [9.17, 15) is 4.79 Å². The molecule has 3 heteroatoms. The lowest BCUT2D eigenvalue weighted by molar-refractivity contribution is -0.133. The van der Waals surface area contributed by atoms with Crippen LogP contribution in [0.5, 0.6) is 0 Å². The van der Waals surface area contributed by atoms with Crippen LogP contribution in [0.3, 0.4) is 0 Å². The monoisotopic (exact) mass is 170 g/mol. The van der Waals surface area contributed by atoms with Gasteiger partial charge in [-0.25, -0.2) is 0 Å². The van der Waals surface area contributed by atoms with Crippen LogP contribution >= 0.6 is 0 Å². The first kappa shape index (κ1) is 9.42. The molecule has 0 unspecified atom stereocenters. The maximum absolute atomic E-state index is 10.6. The summed E-state index contributed by atoms with van der Waals surface area (Å²) in [7, 11) is 0. The Balaban J connectivity index is 2.43. The van der Waals surface area contributed by atoms with E-state index in [-0.39, 0.29) is 11.9 Å². The van der Waals surface area contributed by atoms with Crippen molar-refractivity contribution in [2.24, 2.45) is 0 Å². The minimum absolute atomic E-state index is 0.0308. The number of allylic oxidation sites excluding steroid dienone is 1. The molecule has 1 atom stereocenters. The van der Waals surface area contributed by atoms with Crippen molar-refractivity contribution in [2.45, 2.75) is 32.7 Å². The van der Waals surface area contributed by atoms with Gasteiger partial charge in [-0.15, -0.1) is 0 Å². The van der Waals surface area contributed by atoms with Crippen LogP contribution in [0.1, 0.15) is 20.8 Å². The fourth-order valence-electron chi connectivity index (χ4n) is 1.05. The van der Waals surface area contributed by atoms with Gasteiger partial charge in [0.25, 0.3) is 0 Å². The van der Waals surface area contributed by atoms with Crippen molar-refractivity contribution >= 4 is 5.78 Å². The summed E-state index contributed by atoms with van der Waals surface area (Å²) >= 11 is 0. The van der Waals surface area contributed by atoms with Crippen LogP contribution in [-0.2, 0) is 14.3 Å². The Labute approximate surface area is 72.4 Å². The summed E-state index contributed by atoms with van der Waals surface area (Å²) in [4.78, 5) is 10.6. The minimum atomic E-state index is -0.508. The summed E-state index contributed by atoms with van der Waals surface area (Å²) in [5, 5.41) is 0. The number of ether oxygens (including phenoxy) is 2. The molecule has 0 radical (unpaired) electrons. The summed E-state index contributed by atoms with van der Waals surface area (Å²) < 4.78 is 10.7. The lowest BCUT2D eigenvalue weighted by Crippen LogP contribution is -2.20. The third-order valence-electron chi connectivity index (χ3n) is 1.58. The summed E-state index contributed by atoms with van der Waals surface area (Å²) in [5.41, 5.74) is 0. The number of rotatable bonds is 2. The average Bonchev–Trinajstić information content (AvgIpc) is 2.26. The van der Waals surface area contributed by atoms with E-state index in [1.165, 1.54) is 13.0 Å². The molecule has 0 spiro atoms. The highest BCUT2D eigenvalue weighted by atomic mass is 16.7. The van der Waals surface area contributed by atoms with Crippen molar-refractivity contribution in [3.05, 3.63) is 12.2 Å². The van der Waals surface area contributed by atoms with Gasteiger partial charge in [-0.3, -0.25) is 4.79 Å². The SMILES string of the molecule is CC(=O)/C=C\[C@H]1COC(C)(C)O1. The summed E-state index contributed by atoms with van der Waals surface area (Å²) in [6.07, 6.45) is 3.16. The van der Waals surface area contributed by atoms with E-state index in [1.54, 1.807) is 6.08 Å². The molecule has 0 saturated carbocycles. The molecule has 1 fully saturated rings. The van der Waals surface area contributed by atoms with Crippen molar-refractivity contribution in [3.8, 4) is 0 Å². The quantitative estimate of drug-likeness (QED) is 0.586. The van der Waals surface area contributed by atoms with Crippen LogP contribution in [0.4, 0.5) is 0 Å². The van der Waals surface area contributed by atoms with E-state index in [0.717, 1.165) is 0 Å². The Morgan fingerprint density at radius 3 is 2.67 bits per heavy atom. The third kappa shape index (κ3) is 2.75. The van der Waals surface area contributed by atoms with Crippen molar-refractivity contribution in [1.29, 1.82) is 0 Å². The highest BCUT2D eigenvalue weighted by Gasteiger charge is 2.30. The highest BCUT2D eigenvalue weighted by molar-refractivity contribution is 5.87. The molecular weight excluding hydrogens is 156 g/mol. The second-order valence-electron chi connectivity index (χ2n) is 3.34. The lowest BCUT2D eigenvalue weighted by Gasteiger charge is -2.15. The molecule has 3 nitrogen and oxygen atoms in total. The standard InChI is InChI=1S/C9H14O3/c1-7(10)4-5-8-6-11-9(2,3)12-8/h4-5,8H,6H2,1-3H3/b5-4-/t8-/m0/s1. The van der Waals surface area contributed by atoms with E-state index in [2.05, 4.69) is 0 Å². The number of hydrogen-bond acceptors (Lipinski definition) is 3. The molecule has 1 heterocycles. The van der Waals surface area contributed by atoms with Crippen LogP contribution in [0, 0.1) is 0 Å². The Kier molecular flexibility index (Phi) is 2.65. The molecule has 1 aliphatic heterocycles. The predicted octanol–water partition coefficient (Wildman–Crippen LogP) is 1.28. The van der Waals surface area contributed by atoms with Crippen LogP contribution < -0.4 is 0 Å². The topological polar surface area (TPSA) is 35.5 Å². The van der Waals surface area contributed by atoms with E-state index >= 15 is 0 Å². The fourth-order valence-corrected chi connectivity index (χ4v) is 1.05. The molecule has 0 bridgehead atoms. The summed E-state index contributed by atoms with van der Waals surface area (Å²) in [6.45, 7) is 5.75. The van der Waals surface area contributed by atoms with Gasteiger partial charge in [-0.1, -0.05) is 0 Å². The van der Waals surface area contributed by atoms with Gasteiger partial charge in [0.15, 0.2) is 11.6 Å². The molecule has 0 amide bonds. The lowest BCUT2D eigenvalue weighted by atomic mass is 10.3. The molecule has 1 saturated heterocycles. The van der Waals surface area contributed by atoms with Gasteiger partial charge in [-0.05, 0) is 32.9 Å². The van der Waals surface area contributed by atoms with Crippen molar-refractivity contribution < 1.29 is 14.3 Å². The van der Waals surface area contributed by atoms with Crippen LogP contribution in [0.15, 0.2) is 12.2 Å². The van der Waals surface area contributed by atoms with Gasteiger partial charge in [0.2, 0.25) is 0 Å². The first-order valence-corrected chi connectivity index (χ1v) is 4.00. The molecule has 1 rings (SSSR count). The van der Waals surface area contributed by atoms with E-state index in [0.29, 0.717) is 6.61 Å².